The molecule has 7 heteroatoms. The lowest BCUT2D eigenvalue weighted by Gasteiger charge is -2.33. The summed E-state index contributed by atoms with van der Waals surface area (Å²) in [6.45, 7) is 5.08. The van der Waals surface area contributed by atoms with E-state index < -0.39 is 11.5 Å². The molecule has 0 unspecified atom stereocenters. The molecule has 2 aliphatic heterocycles. The minimum Gasteiger partial charge on any atom is -0.482 e. The highest BCUT2D eigenvalue weighted by Gasteiger charge is 2.37. The Labute approximate surface area is 159 Å². The highest BCUT2D eigenvalue weighted by molar-refractivity contribution is 6.32. The van der Waals surface area contributed by atoms with Crippen LogP contribution in [0.5, 0.6) is 5.75 Å². The standard InChI is InChI=1S/C19H28ClN3O3/c20-16-10-15(4-5-17(16)26-12-18(21)24)11-23-9-6-19(25,14-23)13-22-7-2-1-3-8-22/h4-5,10,25H,1-3,6-9,11-14H2,(H2,21,24)/t19-/m0/s1. The fourth-order valence-corrected chi connectivity index (χ4v) is 4.16. The molecular weight excluding hydrogens is 354 g/mol. The van der Waals surface area contributed by atoms with Gasteiger partial charge in [-0.05, 0) is 50.0 Å². The summed E-state index contributed by atoms with van der Waals surface area (Å²) in [4.78, 5) is 15.5. The van der Waals surface area contributed by atoms with Gasteiger partial charge in [-0.2, -0.15) is 0 Å². The van der Waals surface area contributed by atoms with Gasteiger partial charge < -0.3 is 20.5 Å². The van der Waals surface area contributed by atoms with Crippen LogP contribution in [-0.4, -0.2) is 65.7 Å². The van der Waals surface area contributed by atoms with E-state index in [1.54, 1.807) is 6.07 Å². The van der Waals surface area contributed by atoms with Crippen molar-refractivity contribution < 1.29 is 14.6 Å². The average molecular weight is 382 g/mol. The molecule has 0 aliphatic carbocycles. The number of β-amino-alcohol motifs (C(OH)–C–C–N with tert-alkyl or cyclic N) is 1. The fraction of sp³-hybridized carbons (Fsp3) is 0.632. The number of primary amides is 1. The van der Waals surface area contributed by atoms with Crippen molar-refractivity contribution in [2.24, 2.45) is 5.73 Å². The molecule has 3 rings (SSSR count). The van der Waals surface area contributed by atoms with Crippen LogP contribution >= 0.6 is 11.6 Å². The lowest BCUT2D eigenvalue weighted by molar-refractivity contribution is -0.119. The number of hydrogen-bond acceptors (Lipinski definition) is 5. The Morgan fingerprint density at radius 1 is 1.23 bits per heavy atom. The summed E-state index contributed by atoms with van der Waals surface area (Å²) in [5, 5.41) is 11.4. The number of rotatable bonds is 7. The molecule has 0 radical (unpaired) electrons. The zero-order chi connectivity index (χ0) is 18.6. The largest absolute Gasteiger partial charge is 0.482 e. The molecule has 1 aromatic rings. The van der Waals surface area contributed by atoms with Crippen molar-refractivity contribution in [1.29, 1.82) is 0 Å². The lowest BCUT2D eigenvalue weighted by Crippen LogP contribution is -2.46. The average Bonchev–Trinajstić information content (AvgIpc) is 2.95. The van der Waals surface area contributed by atoms with E-state index >= 15 is 0 Å². The molecule has 3 N–H and O–H groups in total. The molecule has 0 aromatic heterocycles. The van der Waals surface area contributed by atoms with Gasteiger partial charge in [0.25, 0.3) is 5.91 Å². The summed E-state index contributed by atoms with van der Waals surface area (Å²) in [5.74, 6) is -0.0764. The molecule has 1 aromatic carbocycles. The van der Waals surface area contributed by atoms with Crippen molar-refractivity contribution >= 4 is 17.5 Å². The third-order valence-electron chi connectivity index (χ3n) is 5.15. The first-order valence-electron chi connectivity index (χ1n) is 9.30. The van der Waals surface area contributed by atoms with Crippen LogP contribution in [0.15, 0.2) is 18.2 Å². The number of amides is 1. The minimum atomic E-state index is -0.619. The molecular formula is C19H28ClN3O3. The maximum Gasteiger partial charge on any atom is 0.255 e. The second-order valence-electron chi connectivity index (χ2n) is 7.54. The summed E-state index contributed by atoms with van der Waals surface area (Å²) in [6, 6.07) is 5.54. The van der Waals surface area contributed by atoms with Crippen LogP contribution in [0.25, 0.3) is 0 Å². The fourth-order valence-electron chi connectivity index (χ4n) is 3.91. The van der Waals surface area contributed by atoms with Gasteiger partial charge >= 0.3 is 0 Å². The monoisotopic (exact) mass is 381 g/mol. The van der Waals surface area contributed by atoms with Crippen molar-refractivity contribution in [1.82, 2.24) is 9.80 Å². The van der Waals surface area contributed by atoms with Gasteiger partial charge in [0.1, 0.15) is 5.75 Å². The first-order chi connectivity index (χ1) is 12.4. The number of hydrogen-bond donors (Lipinski definition) is 2. The number of carbonyl (C=O) groups excluding carboxylic acids is 1. The predicted octanol–water partition coefficient (Wildman–Crippen LogP) is 1.63. The summed E-state index contributed by atoms with van der Waals surface area (Å²) < 4.78 is 5.28. The third kappa shape index (κ3) is 5.33. The second kappa shape index (κ2) is 8.57. The van der Waals surface area contributed by atoms with Gasteiger partial charge in [0.2, 0.25) is 0 Å². The maximum atomic E-state index is 10.9. The molecule has 0 saturated carbocycles. The van der Waals surface area contributed by atoms with E-state index in [-0.39, 0.29) is 6.61 Å². The number of likely N-dealkylation sites (tertiary alicyclic amines) is 2. The molecule has 26 heavy (non-hydrogen) atoms. The summed E-state index contributed by atoms with van der Waals surface area (Å²) in [6.07, 6.45) is 4.59. The molecule has 1 atom stereocenters. The Kier molecular flexibility index (Phi) is 6.40. The molecule has 0 spiro atoms. The predicted molar refractivity (Wildman–Crippen MR) is 101 cm³/mol. The molecule has 144 valence electrons. The van der Waals surface area contributed by atoms with Gasteiger partial charge in [-0.3, -0.25) is 9.69 Å². The molecule has 2 fully saturated rings. The van der Waals surface area contributed by atoms with Crippen LogP contribution in [0.4, 0.5) is 0 Å². The highest BCUT2D eigenvalue weighted by atomic mass is 35.5. The van der Waals surface area contributed by atoms with E-state index in [4.69, 9.17) is 22.1 Å². The van der Waals surface area contributed by atoms with Gasteiger partial charge in [-0.1, -0.05) is 24.1 Å². The summed E-state index contributed by atoms with van der Waals surface area (Å²) in [5.41, 5.74) is 5.52. The first kappa shape index (κ1) is 19.4. The molecule has 0 bridgehead atoms. The van der Waals surface area contributed by atoms with Crippen LogP contribution in [-0.2, 0) is 11.3 Å². The van der Waals surface area contributed by atoms with E-state index in [0.29, 0.717) is 17.3 Å². The van der Waals surface area contributed by atoms with E-state index in [9.17, 15) is 9.90 Å². The van der Waals surface area contributed by atoms with Gasteiger partial charge in [0.15, 0.2) is 6.61 Å². The maximum absolute atomic E-state index is 10.9. The Morgan fingerprint density at radius 2 is 2.00 bits per heavy atom. The normalized spacial score (nSPS) is 24.7. The van der Waals surface area contributed by atoms with Crippen molar-refractivity contribution in [3.05, 3.63) is 28.8 Å². The van der Waals surface area contributed by atoms with E-state index in [1.165, 1.54) is 19.3 Å². The van der Waals surface area contributed by atoms with Crippen LogP contribution in [0, 0.1) is 0 Å². The Balaban J connectivity index is 1.53. The second-order valence-corrected chi connectivity index (χ2v) is 7.95. The van der Waals surface area contributed by atoms with Crippen LogP contribution in [0.1, 0.15) is 31.2 Å². The van der Waals surface area contributed by atoms with Gasteiger partial charge in [-0.25, -0.2) is 0 Å². The van der Waals surface area contributed by atoms with Crippen LogP contribution in [0.2, 0.25) is 5.02 Å². The number of ether oxygens (including phenoxy) is 1. The van der Waals surface area contributed by atoms with Crippen molar-refractivity contribution in [3.8, 4) is 5.75 Å². The zero-order valence-electron chi connectivity index (χ0n) is 15.1. The lowest BCUT2D eigenvalue weighted by atomic mass is 10.0. The number of aliphatic hydroxyl groups is 1. The minimum absolute atomic E-state index is 0.186. The zero-order valence-corrected chi connectivity index (χ0v) is 15.9. The van der Waals surface area contributed by atoms with E-state index in [0.717, 1.165) is 44.7 Å². The van der Waals surface area contributed by atoms with Gasteiger partial charge in [0.05, 0.1) is 10.6 Å². The molecule has 6 nitrogen and oxygen atoms in total. The van der Waals surface area contributed by atoms with Gasteiger partial charge in [-0.15, -0.1) is 0 Å². The number of nitrogens with zero attached hydrogens (tertiary/aromatic N) is 2. The number of carbonyl (C=O) groups is 1. The van der Waals surface area contributed by atoms with Crippen LogP contribution < -0.4 is 10.5 Å². The Bertz CT molecular complexity index is 636. The number of benzene rings is 1. The van der Waals surface area contributed by atoms with Gasteiger partial charge in [0, 0.05) is 26.2 Å². The third-order valence-corrected chi connectivity index (χ3v) is 5.45. The molecule has 2 aliphatic rings. The Hall–Kier alpha value is -1.34. The number of piperidine rings is 1. The van der Waals surface area contributed by atoms with Crippen LogP contribution in [0.3, 0.4) is 0 Å². The molecule has 2 saturated heterocycles. The van der Waals surface area contributed by atoms with E-state index in [2.05, 4.69) is 9.80 Å². The summed E-state index contributed by atoms with van der Waals surface area (Å²) in [7, 11) is 0. The SMILES string of the molecule is NC(=O)COc1ccc(CN2CC[C@](O)(CN3CCCCC3)C2)cc1Cl. The van der Waals surface area contributed by atoms with E-state index in [1.807, 2.05) is 12.1 Å². The molecule has 1 amide bonds. The number of halogens is 1. The smallest absolute Gasteiger partial charge is 0.255 e. The van der Waals surface area contributed by atoms with Crippen molar-refractivity contribution in [2.75, 3.05) is 39.3 Å². The van der Waals surface area contributed by atoms with Crippen molar-refractivity contribution in [2.45, 2.75) is 37.8 Å². The quantitative estimate of drug-likeness (QED) is 0.750. The highest BCUT2D eigenvalue weighted by Crippen LogP contribution is 2.29. The topological polar surface area (TPSA) is 79.0 Å². The first-order valence-corrected chi connectivity index (χ1v) is 9.68. The van der Waals surface area contributed by atoms with Crippen molar-refractivity contribution in [3.63, 3.8) is 0 Å². The Morgan fingerprint density at radius 3 is 2.69 bits per heavy atom. The summed E-state index contributed by atoms with van der Waals surface area (Å²) >= 11 is 6.23. The molecule has 2 heterocycles. The number of nitrogens with two attached hydrogens (primary N) is 1.